The third-order valence-corrected chi connectivity index (χ3v) is 3.36. The summed E-state index contributed by atoms with van der Waals surface area (Å²) in [5.41, 5.74) is 5.75. The lowest BCUT2D eigenvalue weighted by Gasteiger charge is -2.12. The highest BCUT2D eigenvalue weighted by atomic mass is 19.1. The molecule has 0 aliphatic heterocycles. The van der Waals surface area contributed by atoms with E-state index in [-0.39, 0.29) is 5.82 Å². The van der Waals surface area contributed by atoms with Crippen molar-refractivity contribution in [1.29, 1.82) is 0 Å². The van der Waals surface area contributed by atoms with E-state index in [0.29, 0.717) is 0 Å². The smallest absolute Gasteiger partial charge is 0.123 e. The number of halogens is 1. The molecule has 1 nitrogen and oxygen atoms in total. The Hall–Kier alpha value is -1.67. The second-order valence-corrected chi connectivity index (χ2v) is 4.89. The normalized spacial score (nSPS) is 10.7. The molecule has 0 atom stereocenters. The van der Waals surface area contributed by atoms with Gasteiger partial charge in [-0.3, -0.25) is 0 Å². The van der Waals surface area contributed by atoms with Gasteiger partial charge in [0.1, 0.15) is 5.82 Å². The molecular weight excluding hydrogens is 237 g/mol. The maximum atomic E-state index is 13.2. The first-order valence-electron chi connectivity index (χ1n) is 6.68. The van der Waals surface area contributed by atoms with Gasteiger partial charge >= 0.3 is 0 Å². The first kappa shape index (κ1) is 13.8. The van der Waals surface area contributed by atoms with Crippen molar-refractivity contribution in [2.45, 2.75) is 27.3 Å². The minimum absolute atomic E-state index is 0.178. The van der Waals surface area contributed by atoms with Gasteiger partial charge in [0.25, 0.3) is 0 Å². The van der Waals surface area contributed by atoms with E-state index in [1.54, 1.807) is 6.07 Å². The lowest BCUT2D eigenvalue weighted by Crippen LogP contribution is -2.11. The van der Waals surface area contributed by atoms with Crippen molar-refractivity contribution < 1.29 is 4.39 Å². The first-order valence-corrected chi connectivity index (χ1v) is 6.68. The van der Waals surface area contributed by atoms with E-state index < -0.39 is 0 Å². The molecule has 0 saturated heterocycles. The van der Waals surface area contributed by atoms with Crippen LogP contribution in [0.5, 0.6) is 0 Å². The number of aryl methyl sites for hydroxylation is 2. The van der Waals surface area contributed by atoms with Crippen molar-refractivity contribution in [3.8, 4) is 11.1 Å². The number of hydrogen-bond donors (Lipinski definition) is 1. The zero-order valence-electron chi connectivity index (χ0n) is 11.8. The van der Waals surface area contributed by atoms with E-state index >= 15 is 0 Å². The Morgan fingerprint density at radius 3 is 2.42 bits per heavy atom. The van der Waals surface area contributed by atoms with Gasteiger partial charge in [0.05, 0.1) is 0 Å². The second kappa shape index (κ2) is 5.98. The Kier molecular flexibility index (Phi) is 4.33. The molecule has 0 fully saturated rings. The van der Waals surface area contributed by atoms with Gasteiger partial charge in [-0.25, -0.2) is 4.39 Å². The fraction of sp³-hybridized carbons (Fsp3) is 0.294. The quantitative estimate of drug-likeness (QED) is 0.864. The van der Waals surface area contributed by atoms with Gasteiger partial charge < -0.3 is 5.32 Å². The zero-order chi connectivity index (χ0) is 13.8. The second-order valence-electron chi connectivity index (χ2n) is 4.89. The van der Waals surface area contributed by atoms with Crippen LogP contribution in [0.2, 0.25) is 0 Å². The summed E-state index contributed by atoms with van der Waals surface area (Å²) in [6.45, 7) is 7.96. The Labute approximate surface area is 114 Å². The highest BCUT2D eigenvalue weighted by molar-refractivity contribution is 5.71. The SMILES string of the molecule is CCNCc1ccc(C)c(-c2ccc(F)cc2C)c1. The summed E-state index contributed by atoms with van der Waals surface area (Å²) >= 11 is 0. The zero-order valence-corrected chi connectivity index (χ0v) is 11.8. The molecule has 0 amide bonds. The fourth-order valence-electron chi connectivity index (χ4n) is 2.27. The maximum absolute atomic E-state index is 13.2. The summed E-state index contributed by atoms with van der Waals surface area (Å²) < 4.78 is 13.2. The monoisotopic (exact) mass is 257 g/mol. The minimum Gasteiger partial charge on any atom is -0.313 e. The van der Waals surface area contributed by atoms with Crippen LogP contribution in [0.25, 0.3) is 11.1 Å². The van der Waals surface area contributed by atoms with Crippen LogP contribution < -0.4 is 5.32 Å². The van der Waals surface area contributed by atoms with Crippen LogP contribution in [-0.2, 0) is 6.54 Å². The molecular formula is C17H20FN. The molecule has 2 rings (SSSR count). The number of hydrogen-bond acceptors (Lipinski definition) is 1. The minimum atomic E-state index is -0.178. The summed E-state index contributed by atoms with van der Waals surface area (Å²) in [5, 5.41) is 3.33. The molecule has 2 aromatic carbocycles. The van der Waals surface area contributed by atoms with E-state index in [1.165, 1.54) is 22.8 Å². The third kappa shape index (κ3) is 3.21. The number of nitrogens with one attached hydrogen (secondary N) is 1. The first-order chi connectivity index (χ1) is 9.11. The standard InChI is InChI=1S/C17H20FN/c1-4-19-11-14-6-5-12(2)17(10-14)16-8-7-15(18)9-13(16)3/h5-10,19H,4,11H2,1-3H3. The van der Waals surface area contributed by atoms with Crippen LogP contribution in [0.3, 0.4) is 0 Å². The highest BCUT2D eigenvalue weighted by Crippen LogP contribution is 2.28. The fourth-order valence-corrected chi connectivity index (χ4v) is 2.27. The van der Waals surface area contributed by atoms with Crippen LogP contribution in [0.4, 0.5) is 4.39 Å². The van der Waals surface area contributed by atoms with Gasteiger partial charge in [-0.15, -0.1) is 0 Å². The Morgan fingerprint density at radius 2 is 1.74 bits per heavy atom. The van der Waals surface area contributed by atoms with Gasteiger partial charge in [-0.05, 0) is 66.4 Å². The predicted octanol–water partition coefficient (Wildman–Crippen LogP) is 4.22. The van der Waals surface area contributed by atoms with E-state index in [9.17, 15) is 4.39 Å². The van der Waals surface area contributed by atoms with Crippen molar-refractivity contribution in [2.75, 3.05) is 6.54 Å². The predicted molar refractivity (Wildman–Crippen MR) is 78.7 cm³/mol. The molecule has 100 valence electrons. The van der Waals surface area contributed by atoms with Crippen LogP contribution in [-0.4, -0.2) is 6.54 Å². The van der Waals surface area contributed by atoms with Gasteiger partial charge in [0.15, 0.2) is 0 Å². The summed E-state index contributed by atoms with van der Waals surface area (Å²) in [7, 11) is 0. The van der Waals surface area contributed by atoms with Gasteiger partial charge in [-0.2, -0.15) is 0 Å². The van der Waals surface area contributed by atoms with E-state index in [1.807, 2.05) is 13.0 Å². The van der Waals surface area contributed by atoms with E-state index in [2.05, 4.69) is 37.4 Å². The van der Waals surface area contributed by atoms with Crippen LogP contribution in [0.15, 0.2) is 36.4 Å². The molecule has 0 unspecified atom stereocenters. The summed E-state index contributed by atoms with van der Waals surface area (Å²) in [6, 6.07) is 11.4. The topological polar surface area (TPSA) is 12.0 Å². The van der Waals surface area contributed by atoms with Gasteiger partial charge in [0.2, 0.25) is 0 Å². The van der Waals surface area contributed by atoms with E-state index in [4.69, 9.17) is 0 Å². The molecule has 0 bridgehead atoms. The Bertz CT molecular complexity index is 575. The molecule has 0 aliphatic carbocycles. The van der Waals surface area contributed by atoms with Crippen LogP contribution >= 0.6 is 0 Å². The van der Waals surface area contributed by atoms with E-state index in [0.717, 1.165) is 24.2 Å². The summed E-state index contributed by atoms with van der Waals surface area (Å²) in [4.78, 5) is 0. The molecule has 2 heteroatoms. The van der Waals surface area contributed by atoms with Crippen molar-refractivity contribution in [1.82, 2.24) is 5.32 Å². The number of benzene rings is 2. The number of rotatable bonds is 4. The highest BCUT2D eigenvalue weighted by Gasteiger charge is 2.07. The molecule has 1 N–H and O–H groups in total. The molecule has 0 spiro atoms. The molecule has 19 heavy (non-hydrogen) atoms. The van der Waals surface area contributed by atoms with Crippen molar-refractivity contribution in [2.24, 2.45) is 0 Å². The average Bonchev–Trinajstić information content (AvgIpc) is 2.38. The van der Waals surface area contributed by atoms with Gasteiger partial charge in [0, 0.05) is 6.54 Å². The van der Waals surface area contributed by atoms with Crippen LogP contribution in [0, 0.1) is 19.7 Å². The average molecular weight is 257 g/mol. The van der Waals surface area contributed by atoms with Crippen molar-refractivity contribution in [3.05, 3.63) is 58.9 Å². The molecule has 2 aromatic rings. The lowest BCUT2D eigenvalue weighted by atomic mass is 9.95. The Balaban J connectivity index is 2.42. The largest absolute Gasteiger partial charge is 0.313 e. The third-order valence-electron chi connectivity index (χ3n) is 3.36. The molecule has 0 saturated carbocycles. The maximum Gasteiger partial charge on any atom is 0.123 e. The molecule has 0 radical (unpaired) electrons. The van der Waals surface area contributed by atoms with Crippen molar-refractivity contribution in [3.63, 3.8) is 0 Å². The lowest BCUT2D eigenvalue weighted by molar-refractivity contribution is 0.627. The molecule has 0 aliphatic rings. The molecule has 0 aromatic heterocycles. The summed E-state index contributed by atoms with van der Waals surface area (Å²) in [6.07, 6.45) is 0. The van der Waals surface area contributed by atoms with Crippen molar-refractivity contribution >= 4 is 0 Å². The molecule has 0 heterocycles. The Morgan fingerprint density at radius 1 is 0.947 bits per heavy atom. The van der Waals surface area contributed by atoms with Gasteiger partial charge in [-0.1, -0.05) is 25.1 Å². The van der Waals surface area contributed by atoms with Crippen LogP contribution in [0.1, 0.15) is 23.6 Å². The summed E-state index contributed by atoms with van der Waals surface area (Å²) in [5.74, 6) is -0.178.